The number of hydrogen-bond acceptors (Lipinski definition) is 0. The first-order valence-electron chi connectivity index (χ1n) is 5.03. The summed E-state index contributed by atoms with van der Waals surface area (Å²) in [6.07, 6.45) is 4.16. The zero-order valence-electron chi connectivity index (χ0n) is 7.96. The molecule has 0 spiro atoms. The summed E-state index contributed by atoms with van der Waals surface area (Å²) in [6.45, 7) is 2.37. The topological polar surface area (TPSA) is 0 Å². The molecule has 2 atom stereocenters. The van der Waals surface area contributed by atoms with E-state index in [1.165, 1.54) is 29.3 Å². The number of hydrogen-bond donors (Lipinski definition) is 0. The molecule has 0 N–H and O–H groups in total. The van der Waals surface area contributed by atoms with Gasteiger partial charge in [-0.15, -0.1) is 0 Å². The van der Waals surface area contributed by atoms with E-state index in [0.717, 1.165) is 11.8 Å². The Morgan fingerprint density at radius 2 is 2.00 bits per heavy atom. The molecule has 0 radical (unpaired) electrons. The van der Waals surface area contributed by atoms with Gasteiger partial charge in [0.25, 0.3) is 0 Å². The van der Waals surface area contributed by atoms with Crippen molar-refractivity contribution >= 4 is 15.9 Å². The lowest BCUT2D eigenvalue weighted by Gasteiger charge is -2.16. The Balaban J connectivity index is 2.29. The lowest BCUT2D eigenvalue weighted by atomic mass is 9.90. The van der Waals surface area contributed by atoms with Gasteiger partial charge in [-0.25, -0.2) is 0 Å². The quantitative estimate of drug-likeness (QED) is 0.683. The van der Waals surface area contributed by atoms with E-state index in [0.29, 0.717) is 0 Å². The molecular weight excluding hydrogens is 224 g/mol. The molecule has 70 valence electrons. The normalized spacial score (nSPS) is 27.8. The highest BCUT2D eigenvalue weighted by atomic mass is 79.9. The molecule has 1 aliphatic rings. The van der Waals surface area contributed by atoms with Crippen LogP contribution in [0, 0.1) is 5.92 Å². The first kappa shape index (κ1) is 9.26. The third-order valence-electron chi connectivity index (χ3n) is 3.17. The van der Waals surface area contributed by atoms with E-state index >= 15 is 0 Å². The van der Waals surface area contributed by atoms with E-state index in [4.69, 9.17) is 0 Å². The summed E-state index contributed by atoms with van der Waals surface area (Å²) in [4.78, 5) is 0. The largest absolute Gasteiger partial charge is 0.0619 e. The van der Waals surface area contributed by atoms with Gasteiger partial charge in [-0.1, -0.05) is 53.9 Å². The van der Waals surface area contributed by atoms with Crippen LogP contribution in [0.3, 0.4) is 0 Å². The highest BCUT2D eigenvalue weighted by Gasteiger charge is 2.25. The Morgan fingerprint density at radius 1 is 1.23 bits per heavy atom. The average molecular weight is 239 g/mol. The minimum Gasteiger partial charge on any atom is -0.0619 e. The fourth-order valence-electron chi connectivity index (χ4n) is 2.38. The summed E-state index contributed by atoms with van der Waals surface area (Å²) in [5.74, 6) is 1.65. The first-order chi connectivity index (χ1) is 6.29. The summed E-state index contributed by atoms with van der Waals surface area (Å²) in [7, 11) is 0. The molecule has 1 aromatic rings. The Bertz CT molecular complexity index is 293. The zero-order chi connectivity index (χ0) is 9.26. The van der Waals surface area contributed by atoms with E-state index in [1.54, 1.807) is 0 Å². The zero-order valence-corrected chi connectivity index (χ0v) is 9.55. The van der Waals surface area contributed by atoms with Crippen molar-refractivity contribution in [2.24, 2.45) is 5.92 Å². The summed E-state index contributed by atoms with van der Waals surface area (Å²) >= 11 is 3.63. The molecule has 1 aliphatic carbocycles. The van der Waals surface area contributed by atoms with Crippen LogP contribution in [0.5, 0.6) is 0 Å². The molecule has 0 aliphatic heterocycles. The van der Waals surface area contributed by atoms with Crippen molar-refractivity contribution in [3.8, 4) is 0 Å². The lowest BCUT2D eigenvalue weighted by molar-refractivity contribution is 0.531. The molecule has 1 aromatic carbocycles. The molecule has 0 saturated heterocycles. The van der Waals surface area contributed by atoms with Gasteiger partial charge in [0.05, 0.1) is 0 Å². The van der Waals surface area contributed by atoms with Crippen LogP contribution in [0.15, 0.2) is 28.7 Å². The van der Waals surface area contributed by atoms with Gasteiger partial charge in [0.2, 0.25) is 0 Å². The van der Waals surface area contributed by atoms with E-state index in [9.17, 15) is 0 Å². The minimum absolute atomic E-state index is 0.788. The number of benzene rings is 1. The van der Waals surface area contributed by atoms with Crippen molar-refractivity contribution in [1.29, 1.82) is 0 Å². The van der Waals surface area contributed by atoms with Gasteiger partial charge in [0.1, 0.15) is 0 Å². The predicted molar refractivity (Wildman–Crippen MR) is 59.9 cm³/mol. The van der Waals surface area contributed by atoms with Crippen LogP contribution < -0.4 is 0 Å². The van der Waals surface area contributed by atoms with Crippen molar-refractivity contribution in [3.63, 3.8) is 0 Å². The van der Waals surface area contributed by atoms with Crippen LogP contribution in [0.4, 0.5) is 0 Å². The third kappa shape index (κ3) is 1.80. The molecule has 0 aromatic heterocycles. The Morgan fingerprint density at radius 3 is 2.62 bits per heavy atom. The molecule has 1 heteroatoms. The highest BCUT2D eigenvalue weighted by Crippen LogP contribution is 2.41. The molecule has 2 rings (SSSR count). The van der Waals surface area contributed by atoms with Gasteiger partial charge in [-0.2, -0.15) is 0 Å². The van der Waals surface area contributed by atoms with E-state index in [2.05, 4.69) is 47.1 Å². The van der Waals surface area contributed by atoms with Crippen LogP contribution >= 0.6 is 15.9 Å². The van der Waals surface area contributed by atoms with Crippen molar-refractivity contribution < 1.29 is 0 Å². The maximum absolute atomic E-state index is 3.63. The number of rotatable bonds is 1. The Kier molecular flexibility index (Phi) is 2.73. The molecule has 1 fully saturated rings. The molecule has 0 nitrogen and oxygen atoms in total. The maximum atomic E-state index is 3.63. The third-order valence-corrected chi connectivity index (χ3v) is 3.89. The van der Waals surface area contributed by atoms with Gasteiger partial charge in [-0.3, -0.25) is 0 Å². The van der Waals surface area contributed by atoms with Gasteiger partial charge in [0.15, 0.2) is 0 Å². The molecule has 0 amide bonds. The van der Waals surface area contributed by atoms with Gasteiger partial charge < -0.3 is 0 Å². The van der Waals surface area contributed by atoms with Crippen molar-refractivity contribution in [1.82, 2.24) is 0 Å². The summed E-state index contributed by atoms with van der Waals surface area (Å²) in [6, 6.07) is 8.65. The van der Waals surface area contributed by atoms with Crippen LogP contribution in [0.25, 0.3) is 0 Å². The van der Waals surface area contributed by atoms with E-state index < -0.39 is 0 Å². The van der Waals surface area contributed by atoms with Crippen LogP contribution in [0.2, 0.25) is 0 Å². The lowest BCUT2D eigenvalue weighted by Crippen LogP contribution is -2.02. The minimum atomic E-state index is 0.788. The average Bonchev–Trinajstić information content (AvgIpc) is 2.52. The highest BCUT2D eigenvalue weighted by molar-refractivity contribution is 9.10. The first-order valence-corrected chi connectivity index (χ1v) is 5.83. The smallest absolute Gasteiger partial charge is 0.0210 e. The fourth-order valence-corrected chi connectivity index (χ4v) is 2.96. The van der Waals surface area contributed by atoms with Gasteiger partial charge in [0, 0.05) is 4.47 Å². The molecule has 0 heterocycles. The van der Waals surface area contributed by atoms with E-state index in [-0.39, 0.29) is 0 Å². The second kappa shape index (κ2) is 3.83. The second-order valence-corrected chi connectivity index (χ2v) is 4.89. The van der Waals surface area contributed by atoms with Crippen LogP contribution in [-0.2, 0) is 0 Å². The molecule has 1 unspecified atom stereocenters. The molecule has 0 bridgehead atoms. The van der Waals surface area contributed by atoms with Crippen molar-refractivity contribution in [2.75, 3.05) is 0 Å². The second-order valence-electron chi connectivity index (χ2n) is 4.04. The van der Waals surface area contributed by atoms with Crippen molar-refractivity contribution in [2.45, 2.75) is 32.1 Å². The van der Waals surface area contributed by atoms with Gasteiger partial charge in [-0.05, 0) is 29.9 Å². The number of halogens is 1. The Hall–Kier alpha value is -0.300. The van der Waals surface area contributed by atoms with Crippen LogP contribution in [0.1, 0.15) is 37.7 Å². The molecular formula is C12H15Br. The molecule has 13 heavy (non-hydrogen) atoms. The fraction of sp³-hybridized carbons (Fsp3) is 0.500. The summed E-state index contributed by atoms with van der Waals surface area (Å²) in [5, 5.41) is 0. The van der Waals surface area contributed by atoms with Crippen LogP contribution in [-0.4, -0.2) is 0 Å². The maximum Gasteiger partial charge on any atom is 0.0210 e. The predicted octanol–water partition coefficient (Wildman–Crippen LogP) is 4.35. The summed E-state index contributed by atoms with van der Waals surface area (Å²) in [5.41, 5.74) is 1.51. The summed E-state index contributed by atoms with van der Waals surface area (Å²) < 4.78 is 1.29. The van der Waals surface area contributed by atoms with E-state index in [1.807, 2.05) is 0 Å². The Labute approximate surface area is 88.5 Å². The standard InChI is InChI=1S/C12H15Br/c1-9-5-4-7-10(9)11-6-2-3-8-12(11)13/h2-3,6,8-10H,4-5,7H2,1H3/t9-,10?/m0/s1. The monoisotopic (exact) mass is 238 g/mol. The molecule has 1 saturated carbocycles. The van der Waals surface area contributed by atoms with Gasteiger partial charge >= 0.3 is 0 Å². The SMILES string of the molecule is C[C@H]1CCCC1c1ccccc1Br. The van der Waals surface area contributed by atoms with Crippen molar-refractivity contribution in [3.05, 3.63) is 34.3 Å².